The standard InChI is InChI=1S/C29H30N4OS/c1-18-9-10-19(2)26(16-18)32-20(3)17-24(21(32)4)28-27(25-8-6-7-15-30-25)31-29(35)33(28)22-11-13-23(34-5)14-12-22/h6-17,27-28H,1-5H3,(H,31,35)/t27-,28+/m0/s1. The number of aromatic nitrogens is 2. The Morgan fingerprint density at radius 3 is 2.40 bits per heavy atom. The van der Waals surface area contributed by atoms with Crippen molar-refractivity contribution in [2.24, 2.45) is 0 Å². The van der Waals surface area contributed by atoms with Crippen LogP contribution in [0.1, 0.15) is 45.9 Å². The minimum atomic E-state index is -0.0849. The molecule has 0 spiro atoms. The Kier molecular flexibility index (Phi) is 6.07. The maximum absolute atomic E-state index is 5.90. The zero-order valence-electron chi connectivity index (χ0n) is 20.7. The average Bonchev–Trinajstić information content (AvgIpc) is 3.36. The Morgan fingerprint density at radius 1 is 0.943 bits per heavy atom. The van der Waals surface area contributed by atoms with E-state index < -0.39 is 0 Å². The van der Waals surface area contributed by atoms with Gasteiger partial charge in [0.25, 0.3) is 0 Å². The van der Waals surface area contributed by atoms with Gasteiger partial charge in [0.1, 0.15) is 5.75 Å². The monoisotopic (exact) mass is 482 g/mol. The first kappa shape index (κ1) is 23.1. The van der Waals surface area contributed by atoms with Gasteiger partial charge in [-0.3, -0.25) is 4.98 Å². The summed E-state index contributed by atoms with van der Waals surface area (Å²) in [6.07, 6.45) is 1.84. The fraction of sp³-hybridized carbons (Fsp3) is 0.241. The summed E-state index contributed by atoms with van der Waals surface area (Å²) in [7, 11) is 1.68. The maximum atomic E-state index is 5.90. The number of hydrogen-bond acceptors (Lipinski definition) is 3. The SMILES string of the molecule is COc1ccc(N2C(=S)N[C@@H](c3ccccn3)[C@H]2c2cc(C)n(-c3cc(C)ccc3C)c2C)cc1. The number of nitrogens with one attached hydrogen (secondary N) is 1. The van der Waals surface area contributed by atoms with Crippen molar-refractivity contribution in [2.75, 3.05) is 12.0 Å². The van der Waals surface area contributed by atoms with E-state index in [0.717, 1.165) is 17.1 Å². The second kappa shape index (κ2) is 9.19. The third-order valence-corrected chi connectivity index (χ3v) is 7.16. The molecular formula is C29H30N4OS. The molecule has 1 aliphatic rings. The van der Waals surface area contributed by atoms with Gasteiger partial charge in [-0.15, -0.1) is 0 Å². The van der Waals surface area contributed by atoms with E-state index in [-0.39, 0.29) is 12.1 Å². The molecule has 35 heavy (non-hydrogen) atoms. The third kappa shape index (κ3) is 4.08. The van der Waals surface area contributed by atoms with E-state index in [9.17, 15) is 0 Å². The summed E-state index contributed by atoms with van der Waals surface area (Å²) in [5.41, 5.74) is 9.31. The van der Waals surface area contributed by atoms with Crippen molar-refractivity contribution in [3.63, 3.8) is 0 Å². The number of thiocarbonyl (C=S) groups is 1. The molecule has 4 aromatic rings. The van der Waals surface area contributed by atoms with Crippen molar-refractivity contribution in [1.29, 1.82) is 0 Å². The molecule has 5 rings (SSSR count). The first-order chi connectivity index (χ1) is 16.9. The zero-order chi connectivity index (χ0) is 24.7. The molecule has 5 nitrogen and oxygen atoms in total. The highest BCUT2D eigenvalue weighted by molar-refractivity contribution is 7.80. The molecule has 3 heterocycles. The fourth-order valence-electron chi connectivity index (χ4n) is 5.11. The van der Waals surface area contributed by atoms with Gasteiger partial charge in [0.15, 0.2) is 5.11 Å². The lowest BCUT2D eigenvalue weighted by atomic mass is 9.96. The van der Waals surface area contributed by atoms with Crippen LogP contribution in [0.2, 0.25) is 0 Å². The Bertz CT molecular complexity index is 1380. The van der Waals surface area contributed by atoms with Crippen LogP contribution >= 0.6 is 12.2 Å². The Morgan fingerprint density at radius 2 is 1.71 bits per heavy atom. The summed E-state index contributed by atoms with van der Waals surface area (Å²) in [5, 5.41) is 4.25. The van der Waals surface area contributed by atoms with E-state index in [0.29, 0.717) is 5.11 Å². The van der Waals surface area contributed by atoms with Crippen molar-refractivity contribution in [2.45, 2.75) is 39.8 Å². The van der Waals surface area contributed by atoms with Crippen LogP contribution < -0.4 is 15.0 Å². The minimum Gasteiger partial charge on any atom is -0.497 e. The molecular weight excluding hydrogens is 452 g/mol. The van der Waals surface area contributed by atoms with Crippen LogP contribution in [0.15, 0.2) is 72.9 Å². The first-order valence-corrected chi connectivity index (χ1v) is 12.2. The lowest BCUT2D eigenvalue weighted by Crippen LogP contribution is -2.29. The van der Waals surface area contributed by atoms with Gasteiger partial charge < -0.3 is 19.5 Å². The summed E-state index contributed by atoms with van der Waals surface area (Å²) in [4.78, 5) is 6.91. The normalized spacial score (nSPS) is 17.5. The van der Waals surface area contributed by atoms with Gasteiger partial charge in [0.2, 0.25) is 0 Å². The van der Waals surface area contributed by atoms with Gasteiger partial charge in [-0.25, -0.2) is 0 Å². The van der Waals surface area contributed by atoms with Gasteiger partial charge in [-0.05, 0) is 105 Å². The molecule has 0 radical (unpaired) electrons. The highest BCUT2D eigenvalue weighted by Crippen LogP contribution is 2.44. The summed E-state index contributed by atoms with van der Waals surface area (Å²) in [6, 6.07) is 22.9. The fourth-order valence-corrected chi connectivity index (χ4v) is 5.46. The third-order valence-electron chi connectivity index (χ3n) is 6.84. The molecule has 6 heteroatoms. The van der Waals surface area contributed by atoms with Gasteiger partial charge in [-0.2, -0.15) is 0 Å². The summed E-state index contributed by atoms with van der Waals surface area (Å²) in [6.45, 7) is 8.68. The van der Waals surface area contributed by atoms with Crippen LogP contribution in [0.5, 0.6) is 5.75 Å². The predicted molar refractivity (Wildman–Crippen MR) is 146 cm³/mol. The van der Waals surface area contributed by atoms with Crippen LogP contribution in [-0.4, -0.2) is 21.8 Å². The minimum absolute atomic E-state index is 0.0594. The van der Waals surface area contributed by atoms with Crippen molar-refractivity contribution in [3.05, 3.63) is 107 Å². The summed E-state index contributed by atoms with van der Waals surface area (Å²) in [5.74, 6) is 0.817. The highest BCUT2D eigenvalue weighted by Gasteiger charge is 2.42. The average molecular weight is 483 g/mol. The van der Waals surface area contributed by atoms with Gasteiger partial charge >= 0.3 is 0 Å². The van der Waals surface area contributed by atoms with Crippen molar-refractivity contribution in [3.8, 4) is 11.4 Å². The van der Waals surface area contributed by atoms with Crippen molar-refractivity contribution in [1.82, 2.24) is 14.9 Å². The smallest absolute Gasteiger partial charge is 0.174 e. The maximum Gasteiger partial charge on any atom is 0.174 e. The van der Waals surface area contributed by atoms with E-state index in [1.807, 2.05) is 30.5 Å². The molecule has 0 unspecified atom stereocenters. The van der Waals surface area contributed by atoms with E-state index in [4.69, 9.17) is 21.9 Å². The second-order valence-electron chi connectivity index (χ2n) is 9.15. The number of pyridine rings is 1. The van der Waals surface area contributed by atoms with Gasteiger partial charge in [0.05, 0.1) is 24.9 Å². The molecule has 1 aliphatic heterocycles. The highest BCUT2D eigenvalue weighted by atomic mass is 32.1. The largest absolute Gasteiger partial charge is 0.497 e. The van der Waals surface area contributed by atoms with Crippen molar-refractivity contribution >= 4 is 23.0 Å². The molecule has 0 bridgehead atoms. The molecule has 0 saturated carbocycles. The van der Waals surface area contributed by atoms with E-state index in [2.05, 4.69) is 84.9 Å². The number of benzene rings is 2. The van der Waals surface area contributed by atoms with Crippen LogP contribution in [0.3, 0.4) is 0 Å². The number of nitrogens with zero attached hydrogens (tertiary/aromatic N) is 3. The predicted octanol–water partition coefficient (Wildman–Crippen LogP) is 6.29. The summed E-state index contributed by atoms with van der Waals surface area (Å²) < 4.78 is 7.75. The molecule has 1 fully saturated rings. The van der Waals surface area contributed by atoms with Gasteiger partial charge in [-0.1, -0.05) is 18.2 Å². The van der Waals surface area contributed by atoms with E-state index >= 15 is 0 Å². The van der Waals surface area contributed by atoms with Crippen LogP contribution in [0, 0.1) is 27.7 Å². The van der Waals surface area contributed by atoms with Gasteiger partial charge in [0, 0.05) is 29.0 Å². The quantitative estimate of drug-likeness (QED) is 0.339. The van der Waals surface area contributed by atoms with E-state index in [1.54, 1.807) is 7.11 Å². The molecule has 1 saturated heterocycles. The molecule has 1 N–H and O–H groups in total. The molecule has 2 aromatic carbocycles. The molecule has 178 valence electrons. The molecule has 2 atom stereocenters. The second-order valence-corrected chi connectivity index (χ2v) is 9.53. The summed E-state index contributed by atoms with van der Waals surface area (Å²) >= 11 is 5.90. The Labute approximate surface area is 212 Å². The first-order valence-electron chi connectivity index (χ1n) is 11.8. The van der Waals surface area contributed by atoms with E-state index in [1.165, 1.54) is 33.8 Å². The number of anilines is 1. The molecule has 0 amide bonds. The number of hydrogen-bond donors (Lipinski definition) is 1. The zero-order valence-corrected chi connectivity index (χ0v) is 21.6. The number of methoxy groups -OCH3 is 1. The number of aryl methyl sites for hydroxylation is 3. The Hall–Kier alpha value is -3.64. The molecule has 2 aromatic heterocycles. The molecule has 0 aliphatic carbocycles. The van der Waals surface area contributed by atoms with Crippen LogP contribution in [0.4, 0.5) is 5.69 Å². The van der Waals surface area contributed by atoms with Crippen molar-refractivity contribution < 1.29 is 4.74 Å². The number of rotatable bonds is 5. The topological polar surface area (TPSA) is 42.3 Å². The Balaban J connectivity index is 1.68. The number of ether oxygens (including phenoxy) is 1. The van der Waals surface area contributed by atoms with Crippen LogP contribution in [0.25, 0.3) is 5.69 Å². The lowest BCUT2D eigenvalue weighted by molar-refractivity contribution is 0.415. The van der Waals surface area contributed by atoms with Crippen LogP contribution in [-0.2, 0) is 0 Å². The lowest BCUT2D eigenvalue weighted by Gasteiger charge is -2.28.